The first-order valence-electron chi connectivity index (χ1n) is 8.44. The molecule has 6 heteroatoms. The van der Waals surface area contributed by atoms with Crippen LogP contribution in [-0.4, -0.2) is 24.1 Å². The van der Waals surface area contributed by atoms with E-state index < -0.39 is 0 Å². The number of aryl methyl sites for hydroxylation is 4. The molecule has 0 radical (unpaired) electrons. The van der Waals surface area contributed by atoms with Crippen molar-refractivity contribution in [3.63, 3.8) is 0 Å². The Balaban J connectivity index is 1.71. The molecule has 2 rings (SSSR count). The van der Waals surface area contributed by atoms with Crippen molar-refractivity contribution in [2.24, 2.45) is 0 Å². The number of carbonyl (C=O) groups excluding carboxylic acids is 2. The quantitative estimate of drug-likeness (QED) is 0.538. The first-order valence-corrected chi connectivity index (χ1v) is 9.42. The molecule has 138 valence electrons. The predicted molar refractivity (Wildman–Crippen MR) is 107 cm³/mol. The minimum absolute atomic E-state index is 0.0917. The third-order valence-corrected chi connectivity index (χ3v) is 5.00. The van der Waals surface area contributed by atoms with E-state index in [2.05, 4.69) is 29.2 Å². The van der Waals surface area contributed by atoms with Gasteiger partial charge in [0.15, 0.2) is 0 Å². The molecule has 2 aromatic carbocycles. The highest BCUT2D eigenvalue weighted by atomic mass is 32.2. The van der Waals surface area contributed by atoms with E-state index in [-0.39, 0.29) is 24.1 Å². The van der Waals surface area contributed by atoms with Crippen LogP contribution in [0.5, 0.6) is 0 Å². The van der Waals surface area contributed by atoms with Gasteiger partial charge in [-0.3, -0.25) is 20.4 Å². The predicted octanol–water partition coefficient (Wildman–Crippen LogP) is 3.27. The van der Waals surface area contributed by atoms with Crippen molar-refractivity contribution < 1.29 is 9.59 Å². The van der Waals surface area contributed by atoms with Crippen LogP contribution in [0.2, 0.25) is 0 Å². The topological polar surface area (TPSA) is 70.2 Å². The van der Waals surface area contributed by atoms with Gasteiger partial charge < -0.3 is 5.32 Å². The van der Waals surface area contributed by atoms with Crippen molar-refractivity contribution in [3.05, 3.63) is 58.7 Å². The minimum Gasteiger partial charge on any atom is -0.376 e. The summed E-state index contributed by atoms with van der Waals surface area (Å²) in [4.78, 5) is 24.8. The van der Waals surface area contributed by atoms with Crippen LogP contribution in [0.25, 0.3) is 0 Å². The van der Waals surface area contributed by atoms with Crippen LogP contribution in [-0.2, 0) is 9.59 Å². The highest BCUT2D eigenvalue weighted by molar-refractivity contribution is 8.00. The molecular weight excluding hydrogens is 346 g/mol. The number of hydrogen-bond acceptors (Lipinski definition) is 4. The van der Waals surface area contributed by atoms with E-state index in [0.717, 1.165) is 16.1 Å². The molecule has 0 aromatic heterocycles. The third kappa shape index (κ3) is 6.11. The Morgan fingerprint density at radius 2 is 1.58 bits per heavy atom. The molecule has 5 nitrogen and oxygen atoms in total. The number of thioether (sulfide) groups is 1. The second-order valence-electron chi connectivity index (χ2n) is 6.30. The Kier molecular flexibility index (Phi) is 7.09. The van der Waals surface area contributed by atoms with Crippen molar-refractivity contribution in [1.82, 2.24) is 10.9 Å². The summed E-state index contributed by atoms with van der Waals surface area (Å²) in [5.74, 6) is -0.296. The van der Waals surface area contributed by atoms with Crippen LogP contribution in [0, 0.1) is 27.7 Å². The highest BCUT2D eigenvalue weighted by Gasteiger charge is 2.07. The lowest BCUT2D eigenvalue weighted by molar-refractivity contribution is -0.126. The molecule has 0 aliphatic carbocycles. The summed E-state index contributed by atoms with van der Waals surface area (Å²) in [5.41, 5.74) is 10.4. The smallest absolute Gasteiger partial charge is 0.257 e. The molecule has 0 heterocycles. The molecule has 0 aliphatic rings. The van der Waals surface area contributed by atoms with Gasteiger partial charge in [0.25, 0.3) is 5.91 Å². The van der Waals surface area contributed by atoms with Crippen LogP contribution in [0.1, 0.15) is 22.3 Å². The van der Waals surface area contributed by atoms with E-state index in [1.165, 1.54) is 28.5 Å². The number of rotatable bonds is 6. The van der Waals surface area contributed by atoms with Gasteiger partial charge in [-0.15, -0.1) is 11.8 Å². The van der Waals surface area contributed by atoms with Crippen LogP contribution in [0.4, 0.5) is 5.69 Å². The molecule has 3 N–H and O–H groups in total. The average Bonchev–Trinajstić information content (AvgIpc) is 2.60. The maximum atomic E-state index is 11.9. The lowest BCUT2D eigenvalue weighted by atomic mass is 10.1. The lowest BCUT2D eigenvalue weighted by Gasteiger charge is -2.11. The number of anilines is 1. The summed E-state index contributed by atoms with van der Waals surface area (Å²) in [6.45, 7) is 8.20. The zero-order chi connectivity index (χ0) is 19.1. The number of carbonyl (C=O) groups is 2. The largest absolute Gasteiger partial charge is 0.376 e. The zero-order valence-corrected chi connectivity index (χ0v) is 16.4. The van der Waals surface area contributed by atoms with Crippen LogP contribution >= 0.6 is 11.8 Å². The fraction of sp³-hybridized carbons (Fsp3) is 0.300. The molecule has 0 spiro atoms. The van der Waals surface area contributed by atoms with Gasteiger partial charge in [0.1, 0.15) is 0 Å². The Morgan fingerprint density at radius 3 is 2.27 bits per heavy atom. The number of amides is 2. The van der Waals surface area contributed by atoms with E-state index in [4.69, 9.17) is 0 Å². The fourth-order valence-corrected chi connectivity index (χ4v) is 3.15. The van der Waals surface area contributed by atoms with E-state index in [0.29, 0.717) is 0 Å². The molecule has 2 amide bonds. The third-order valence-electron chi connectivity index (χ3n) is 4.01. The Labute approximate surface area is 158 Å². The molecule has 0 atom stereocenters. The van der Waals surface area contributed by atoms with Crippen LogP contribution in [0.15, 0.2) is 41.3 Å². The molecule has 0 saturated carbocycles. The molecule has 0 fully saturated rings. The van der Waals surface area contributed by atoms with Gasteiger partial charge in [0, 0.05) is 10.6 Å². The van der Waals surface area contributed by atoms with E-state index in [9.17, 15) is 9.59 Å². The Bertz CT molecular complexity index is 806. The summed E-state index contributed by atoms with van der Waals surface area (Å²) < 4.78 is 0. The summed E-state index contributed by atoms with van der Waals surface area (Å²) in [6.07, 6.45) is 0. The monoisotopic (exact) mass is 371 g/mol. The van der Waals surface area contributed by atoms with Crippen molar-refractivity contribution in [3.8, 4) is 0 Å². The molecule has 0 unspecified atom stereocenters. The molecule has 26 heavy (non-hydrogen) atoms. The van der Waals surface area contributed by atoms with Crippen LogP contribution in [0.3, 0.4) is 0 Å². The number of hydrogen-bond donors (Lipinski definition) is 3. The Hall–Kier alpha value is -2.47. The van der Waals surface area contributed by atoms with Gasteiger partial charge >= 0.3 is 0 Å². The van der Waals surface area contributed by atoms with Gasteiger partial charge in [0.05, 0.1) is 12.3 Å². The first kappa shape index (κ1) is 19.8. The summed E-state index contributed by atoms with van der Waals surface area (Å²) in [6, 6.07) is 12.1. The van der Waals surface area contributed by atoms with E-state index in [1.807, 2.05) is 51.1 Å². The summed E-state index contributed by atoms with van der Waals surface area (Å²) >= 11 is 1.44. The van der Waals surface area contributed by atoms with E-state index in [1.54, 1.807) is 0 Å². The lowest BCUT2D eigenvalue weighted by Crippen LogP contribution is -2.44. The summed E-state index contributed by atoms with van der Waals surface area (Å²) in [5, 5.41) is 3.06. The molecule has 0 bridgehead atoms. The number of benzene rings is 2. The van der Waals surface area contributed by atoms with Crippen molar-refractivity contribution in [1.29, 1.82) is 0 Å². The van der Waals surface area contributed by atoms with Crippen molar-refractivity contribution in [2.75, 3.05) is 17.6 Å². The summed E-state index contributed by atoms with van der Waals surface area (Å²) in [7, 11) is 0. The first-order chi connectivity index (χ1) is 12.3. The molecule has 2 aromatic rings. The average molecular weight is 372 g/mol. The van der Waals surface area contributed by atoms with Gasteiger partial charge in [-0.2, -0.15) is 0 Å². The fourth-order valence-electron chi connectivity index (χ4n) is 2.36. The molecular formula is C20H25N3O2S. The minimum atomic E-state index is -0.297. The highest BCUT2D eigenvalue weighted by Crippen LogP contribution is 2.20. The standard InChI is InChI=1S/C20H25N3O2S/c1-13-5-8-18(16(4)9-13)21-11-19(24)22-23-20(25)12-26-17-7-6-14(2)15(3)10-17/h5-10,21H,11-12H2,1-4H3,(H,22,24)(H,23,25). The maximum absolute atomic E-state index is 11.9. The normalized spacial score (nSPS) is 10.3. The number of nitrogens with one attached hydrogen (secondary N) is 3. The van der Waals surface area contributed by atoms with Crippen LogP contribution < -0.4 is 16.2 Å². The van der Waals surface area contributed by atoms with Crippen molar-refractivity contribution in [2.45, 2.75) is 32.6 Å². The van der Waals surface area contributed by atoms with E-state index >= 15 is 0 Å². The SMILES string of the molecule is Cc1ccc(NCC(=O)NNC(=O)CSc2ccc(C)c(C)c2)c(C)c1. The zero-order valence-electron chi connectivity index (χ0n) is 15.6. The molecule has 0 aliphatic heterocycles. The van der Waals surface area contributed by atoms with Gasteiger partial charge in [-0.25, -0.2) is 0 Å². The maximum Gasteiger partial charge on any atom is 0.257 e. The second kappa shape index (κ2) is 9.29. The Morgan fingerprint density at radius 1 is 0.846 bits per heavy atom. The van der Waals surface area contributed by atoms with Gasteiger partial charge in [-0.1, -0.05) is 23.8 Å². The molecule has 0 saturated heterocycles. The second-order valence-corrected chi connectivity index (χ2v) is 7.35. The van der Waals surface area contributed by atoms with Gasteiger partial charge in [0.2, 0.25) is 5.91 Å². The van der Waals surface area contributed by atoms with Crippen molar-refractivity contribution >= 4 is 29.3 Å². The van der Waals surface area contributed by atoms with Gasteiger partial charge in [-0.05, 0) is 62.6 Å². The number of hydrazine groups is 1.